The number of carbonyl (C=O) groups excluding carboxylic acids is 1. The van der Waals surface area contributed by atoms with Gasteiger partial charge in [-0.2, -0.15) is 0 Å². The number of anilines is 1. The fraction of sp³-hybridized carbons (Fsp3) is 0.562. The monoisotopic (exact) mass is 261 g/mol. The predicted molar refractivity (Wildman–Crippen MR) is 77.9 cm³/mol. The van der Waals surface area contributed by atoms with Crippen LogP contribution in [0.15, 0.2) is 12.1 Å². The third-order valence-corrected chi connectivity index (χ3v) is 3.92. The number of methoxy groups -OCH3 is 1. The maximum Gasteiger partial charge on any atom is 0.132 e. The maximum absolute atomic E-state index is 11.2. The van der Waals surface area contributed by atoms with Gasteiger partial charge in [-0.15, -0.1) is 0 Å². The van der Waals surface area contributed by atoms with Gasteiger partial charge < -0.3 is 10.1 Å². The lowest BCUT2D eigenvalue weighted by molar-refractivity contribution is -0.120. The molecule has 1 aromatic carbocycles. The molecule has 3 heteroatoms. The van der Waals surface area contributed by atoms with Gasteiger partial charge in [-0.05, 0) is 55.9 Å². The molecule has 1 N–H and O–H groups in total. The zero-order valence-electron chi connectivity index (χ0n) is 12.1. The van der Waals surface area contributed by atoms with Gasteiger partial charge in [-0.25, -0.2) is 0 Å². The van der Waals surface area contributed by atoms with E-state index in [4.69, 9.17) is 4.74 Å². The van der Waals surface area contributed by atoms with Crippen molar-refractivity contribution in [1.82, 2.24) is 0 Å². The molecule has 1 aliphatic rings. The average molecular weight is 261 g/mol. The van der Waals surface area contributed by atoms with Gasteiger partial charge >= 0.3 is 0 Å². The van der Waals surface area contributed by atoms with Crippen LogP contribution in [0.3, 0.4) is 0 Å². The molecule has 0 radical (unpaired) electrons. The third-order valence-electron chi connectivity index (χ3n) is 3.92. The lowest BCUT2D eigenvalue weighted by Gasteiger charge is -2.22. The van der Waals surface area contributed by atoms with E-state index < -0.39 is 0 Å². The second-order valence-corrected chi connectivity index (χ2v) is 5.51. The van der Waals surface area contributed by atoms with Gasteiger partial charge in [-0.1, -0.05) is 0 Å². The molecule has 0 unspecified atom stereocenters. The maximum atomic E-state index is 11.2. The molecule has 0 atom stereocenters. The zero-order valence-corrected chi connectivity index (χ0v) is 12.1. The molecule has 19 heavy (non-hydrogen) atoms. The summed E-state index contributed by atoms with van der Waals surface area (Å²) in [6.45, 7) is 5.09. The molecule has 1 aromatic rings. The molecule has 0 aromatic heterocycles. The average Bonchev–Trinajstić information content (AvgIpc) is 2.38. The van der Waals surface area contributed by atoms with Gasteiger partial charge in [-0.3, -0.25) is 4.79 Å². The topological polar surface area (TPSA) is 38.3 Å². The summed E-state index contributed by atoms with van der Waals surface area (Å²) in [4.78, 5) is 11.2. The third kappa shape index (κ3) is 3.49. The molecule has 0 aliphatic heterocycles. The van der Waals surface area contributed by atoms with Crippen LogP contribution in [-0.2, 0) is 4.79 Å². The van der Waals surface area contributed by atoms with Gasteiger partial charge in [0.1, 0.15) is 11.5 Å². The number of hydrogen-bond donors (Lipinski definition) is 1. The summed E-state index contributed by atoms with van der Waals surface area (Å²) in [5, 5.41) is 3.50. The number of rotatable bonds is 4. The minimum absolute atomic E-state index is 0.424. The van der Waals surface area contributed by atoms with Crippen LogP contribution < -0.4 is 10.1 Å². The van der Waals surface area contributed by atoms with Crippen molar-refractivity contribution < 1.29 is 9.53 Å². The summed E-state index contributed by atoms with van der Waals surface area (Å²) < 4.78 is 5.37. The summed E-state index contributed by atoms with van der Waals surface area (Å²) in [7, 11) is 1.71. The standard InChI is InChI=1S/C16H23NO2/c1-11-8-14(9-12(2)16(11)19-3)17-10-13-4-6-15(18)7-5-13/h8-9,13,17H,4-7,10H2,1-3H3. The summed E-state index contributed by atoms with van der Waals surface area (Å²) in [5.41, 5.74) is 3.46. The smallest absolute Gasteiger partial charge is 0.132 e. The second-order valence-electron chi connectivity index (χ2n) is 5.51. The first-order chi connectivity index (χ1) is 9.10. The van der Waals surface area contributed by atoms with E-state index in [0.29, 0.717) is 11.7 Å². The van der Waals surface area contributed by atoms with E-state index in [9.17, 15) is 4.79 Å². The molecule has 0 saturated heterocycles. The molecule has 2 rings (SSSR count). The van der Waals surface area contributed by atoms with E-state index in [1.165, 1.54) is 0 Å². The number of carbonyl (C=O) groups is 1. The van der Waals surface area contributed by atoms with Crippen LogP contribution >= 0.6 is 0 Å². The fourth-order valence-electron chi connectivity index (χ4n) is 2.84. The van der Waals surface area contributed by atoms with Crippen molar-refractivity contribution in [1.29, 1.82) is 0 Å². The first-order valence-corrected chi connectivity index (χ1v) is 7.01. The fourth-order valence-corrected chi connectivity index (χ4v) is 2.84. The molecular weight excluding hydrogens is 238 g/mol. The number of nitrogens with one attached hydrogen (secondary N) is 1. The lowest BCUT2D eigenvalue weighted by Crippen LogP contribution is -2.21. The van der Waals surface area contributed by atoms with Crippen molar-refractivity contribution in [3.8, 4) is 5.75 Å². The van der Waals surface area contributed by atoms with E-state index in [-0.39, 0.29) is 0 Å². The molecule has 1 saturated carbocycles. The Kier molecular flexibility index (Phi) is 4.46. The predicted octanol–water partition coefficient (Wildman–Crippen LogP) is 3.48. The Morgan fingerprint density at radius 3 is 2.32 bits per heavy atom. The van der Waals surface area contributed by atoms with Crippen LogP contribution in [-0.4, -0.2) is 19.4 Å². The summed E-state index contributed by atoms with van der Waals surface area (Å²) in [6, 6.07) is 4.25. The van der Waals surface area contributed by atoms with Gasteiger partial charge in [0.05, 0.1) is 7.11 Å². The van der Waals surface area contributed by atoms with Crippen LogP contribution in [0.1, 0.15) is 36.8 Å². The Balaban J connectivity index is 1.94. The summed E-state index contributed by atoms with van der Waals surface area (Å²) in [5.74, 6) is 2.02. The Hall–Kier alpha value is -1.51. The minimum Gasteiger partial charge on any atom is -0.496 e. The lowest BCUT2D eigenvalue weighted by atomic mass is 9.88. The van der Waals surface area contributed by atoms with Crippen molar-refractivity contribution in [2.24, 2.45) is 5.92 Å². The van der Waals surface area contributed by atoms with Crippen molar-refractivity contribution in [3.05, 3.63) is 23.3 Å². The van der Waals surface area contributed by atoms with E-state index in [0.717, 1.165) is 54.8 Å². The molecule has 104 valence electrons. The summed E-state index contributed by atoms with van der Waals surface area (Å²) >= 11 is 0. The van der Waals surface area contributed by atoms with E-state index in [2.05, 4.69) is 31.3 Å². The van der Waals surface area contributed by atoms with Crippen molar-refractivity contribution in [2.45, 2.75) is 39.5 Å². The van der Waals surface area contributed by atoms with Crippen LogP contribution in [0.4, 0.5) is 5.69 Å². The number of Topliss-reactive ketones (excluding diaryl/α,β-unsaturated/α-hetero) is 1. The molecule has 1 fully saturated rings. The van der Waals surface area contributed by atoms with Crippen molar-refractivity contribution in [2.75, 3.05) is 19.0 Å². The Morgan fingerprint density at radius 2 is 1.79 bits per heavy atom. The van der Waals surface area contributed by atoms with Gasteiger partial charge in [0.25, 0.3) is 0 Å². The number of ether oxygens (including phenoxy) is 1. The first kappa shape index (κ1) is 13.9. The summed E-state index contributed by atoms with van der Waals surface area (Å²) in [6.07, 6.45) is 3.57. The van der Waals surface area contributed by atoms with E-state index >= 15 is 0 Å². The Labute approximate surface area is 115 Å². The Bertz CT molecular complexity index is 435. The van der Waals surface area contributed by atoms with Gasteiger partial charge in [0, 0.05) is 25.1 Å². The van der Waals surface area contributed by atoms with Gasteiger partial charge in [0.15, 0.2) is 0 Å². The van der Waals surface area contributed by atoms with Crippen LogP contribution in [0.25, 0.3) is 0 Å². The van der Waals surface area contributed by atoms with Gasteiger partial charge in [0.2, 0.25) is 0 Å². The molecule has 0 spiro atoms. The molecule has 0 heterocycles. The number of benzene rings is 1. The number of aryl methyl sites for hydroxylation is 2. The van der Waals surface area contributed by atoms with Crippen molar-refractivity contribution >= 4 is 11.5 Å². The highest BCUT2D eigenvalue weighted by atomic mass is 16.5. The highest BCUT2D eigenvalue weighted by molar-refractivity contribution is 5.79. The Morgan fingerprint density at radius 1 is 1.21 bits per heavy atom. The SMILES string of the molecule is COc1c(C)cc(NCC2CCC(=O)CC2)cc1C. The largest absolute Gasteiger partial charge is 0.496 e. The van der Waals surface area contributed by atoms with E-state index in [1.54, 1.807) is 7.11 Å². The van der Waals surface area contributed by atoms with Crippen molar-refractivity contribution in [3.63, 3.8) is 0 Å². The first-order valence-electron chi connectivity index (χ1n) is 7.01. The minimum atomic E-state index is 0.424. The quantitative estimate of drug-likeness (QED) is 0.901. The van der Waals surface area contributed by atoms with E-state index in [1.807, 2.05) is 0 Å². The molecule has 0 amide bonds. The molecular formula is C16H23NO2. The van der Waals surface area contributed by atoms with Crippen LogP contribution in [0, 0.1) is 19.8 Å². The zero-order chi connectivity index (χ0) is 13.8. The molecule has 0 bridgehead atoms. The van der Waals surface area contributed by atoms with Crippen LogP contribution in [0.5, 0.6) is 5.75 Å². The second kappa shape index (κ2) is 6.09. The highest BCUT2D eigenvalue weighted by Crippen LogP contribution is 2.28. The molecule has 1 aliphatic carbocycles. The number of ketones is 1. The molecule has 3 nitrogen and oxygen atoms in total. The normalized spacial score (nSPS) is 16.5. The van der Waals surface area contributed by atoms with Crippen LogP contribution in [0.2, 0.25) is 0 Å². The number of hydrogen-bond acceptors (Lipinski definition) is 3. The highest BCUT2D eigenvalue weighted by Gasteiger charge is 2.18.